The zero-order valence-corrected chi connectivity index (χ0v) is 18.8. The van der Waals surface area contributed by atoms with Gasteiger partial charge in [0.25, 0.3) is 0 Å². The fourth-order valence-electron chi connectivity index (χ4n) is 3.63. The molecule has 0 bridgehead atoms. The van der Waals surface area contributed by atoms with E-state index in [0.29, 0.717) is 22.3 Å². The first-order valence-electron chi connectivity index (χ1n) is 10.4. The number of rotatable bonds is 5. The molecular formula is C24H18N6O4S. The lowest BCUT2D eigenvalue weighted by Crippen LogP contribution is -2.12. The Balaban J connectivity index is 1.55. The first-order valence-corrected chi connectivity index (χ1v) is 11.9. The lowest BCUT2D eigenvalue weighted by atomic mass is 10.1. The topological polar surface area (TPSA) is 156 Å². The van der Waals surface area contributed by atoms with Crippen LogP contribution in [0.1, 0.15) is 10.5 Å². The van der Waals surface area contributed by atoms with Gasteiger partial charge in [0.15, 0.2) is 11.4 Å². The summed E-state index contributed by atoms with van der Waals surface area (Å²) in [6, 6.07) is 23.7. The standard InChI is InChI=1S/C24H18N6O4S/c25-35(33,34)17-12-10-16(11-13-17)30-21(15-6-2-1-3-7-15)14-20(29-30)23(31)28-27-22-18-8-4-5-9-19(18)26-24(22)32/h1-14,26,32H,(H2,25,33,34). The number of azo groups is 1. The SMILES string of the molecule is NS(=O)(=O)c1ccc(-n2nc(C(=O)N=Nc3c(O)[nH]c4ccccc34)cc2-c2ccccc2)cc1. The number of primary sulfonamides is 1. The highest BCUT2D eigenvalue weighted by Gasteiger charge is 2.18. The van der Waals surface area contributed by atoms with Crippen molar-refractivity contribution in [2.45, 2.75) is 4.90 Å². The van der Waals surface area contributed by atoms with E-state index < -0.39 is 15.9 Å². The van der Waals surface area contributed by atoms with E-state index in [1.807, 2.05) is 30.3 Å². The average Bonchev–Trinajstić information content (AvgIpc) is 3.44. The van der Waals surface area contributed by atoms with Gasteiger partial charge in [-0.25, -0.2) is 18.2 Å². The number of nitrogens with two attached hydrogens (primary N) is 1. The molecule has 5 rings (SSSR count). The molecule has 10 nitrogen and oxygen atoms in total. The smallest absolute Gasteiger partial charge is 0.315 e. The lowest BCUT2D eigenvalue weighted by Gasteiger charge is -2.08. The molecule has 0 aliphatic heterocycles. The number of hydrogen-bond donors (Lipinski definition) is 3. The van der Waals surface area contributed by atoms with Crippen molar-refractivity contribution in [1.82, 2.24) is 14.8 Å². The van der Waals surface area contributed by atoms with Crippen LogP contribution in [0.25, 0.3) is 27.8 Å². The Morgan fingerprint density at radius 2 is 1.66 bits per heavy atom. The molecule has 0 aliphatic rings. The van der Waals surface area contributed by atoms with E-state index in [-0.39, 0.29) is 22.2 Å². The number of aromatic hydroxyl groups is 1. The molecule has 0 saturated heterocycles. The maximum atomic E-state index is 12.9. The number of carbonyl (C=O) groups excluding carboxylic acids is 1. The summed E-state index contributed by atoms with van der Waals surface area (Å²) in [5.74, 6) is -0.917. The Hall–Kier alpha value is -4.61. The van der Waals surface area contributed by atoms with Gasteiger partial charge in [-0.3, -0.25) is 4.79 Å². The van der Waals surface area contributed by atoms with Crippen molar-refractivity contribution >= 4 is 32.5 Å². The molecule has 0 spiro atoms. The third kappa shape index (κ3) is 4.33. The van der Waals surface area contributed by atoms with Gasteiger partial charge in [-0.1, -0.05) is 48.5 Å². The van der Waals surface area contributed by atoms with Crippen LogP contribution in [-0.4, -0.2) is 34.2 Å². The fraction of sp³-hybridized carbons (Fsp3) is 0. The summed E-state index contributed by atoms with van der Waals surface area (Å²) in [5, 5.41) is 28.1. The van der Waals surface area contributed by atoms with E-state index in [1.54, 1.807) is 42.5 Å². The molecule has 3 aromatic carbocycles. The maximum Gasteiger partial charge on any atom is 0.315 e. The number of benzene rings is 3. The van der Waals surface area contributed by atoms with E-state index in [1.165, 1.54) is 16.8 Å². The van der Waals surface area contributed by atoms with Gasteiger partial charge < -0.3 is 10.1 Å². The number of aromatic amines is 1. The second kappa shape index (κ2) is 8.63. The van der Waals surface area contributed by atoms with Crippen molar-refractivity contribution in [2.24, 2.45) is 15.4 Å². The third-order valence-electron chi connectivity index (χ3n) is 5.31. The molecule has 0 fully saturated rings. The highest BCUT2D eigenvalue weighted by atomic mass is 32.2. The molecule has 0 unspecified atom stereocenters. The molecule has 0 radical (unpaired) electrons. The van der Waals surface area contributed by atoms with E-state index in [4.69, 9.17) is 5.14 Å². The van der Waals surface area contributed by atoms with Gasteiger partial charge in [-0.05, 0) is 36.4 Å². The van der Waals surface area contributed by atoms with Crippen molar-refractivity contribution in [3.05, 3.63) is 90.6 Å². The van der Waals surface area contributed by atoms with E-state index >= 15 is 0 Å². The molecule has 4 N–H and O–H groups in total. The fourth-order valence-corrected chi connectivity index (χ4v) is 4.15. The van der Waals surface area contributed by atoms with Crippen LogP contribution in [0, 0.1) is 0 Å². The number of hydrogen-bond acceptors (Lipinski definition) is 6. The highest BCUT2D eigenvalue weighted by Crippen LogP contribution is 2.35. The van der Waals surface area contributed by atoms with Crippen LogP contribution < -0.4 is 5.14 Å². The zero-order chi connectivity index (χ0) is 24.6. The minimum Gasteiger partial charge on any atom is -0.493 e. The van der Waals surface area contributed by atoms with Gasteiger partial charge in [-0.15, -0.1) is 10.2 Å². The van der Waals surface area contributed by atoms with Crippen LogP contribution >= 0.6 is 0 Å². The molecule has 11 heteroatoms. The Kier molecular flexibility index (Phi) is 5.47. The Morgan fingerprint density at radius 1 is 0.971 bits per heavy atom. The summed E-state index contributed by atoms with van der Waals surface area (Å²) in [4.78, 5) is 15.6. The number of para-hydroxylation sites is 1. The molecule has 5 aromatic rings. The van der Waals surface area contributed by atoms with Crippen LogP contribution in [0.5, 0.6) is 5.88 Å². The van der Waals surface area contributed by atoms with Crippen molar-refractivity contribution in [1.29, 1.82) is 0 Å². The second-order valence-corrected chi connectivity index (χ2v) is 9.17. The van der Waals surface area contributed by atoms with Crippen LogP contribution in [-0.2, 0) is 10.0 Å². The number of aromatic nitrogens is 3. The Morgan fingerprint density at radius 3 is 2.37 bits per heavy atom. The molecule has 0 aliphatic carbocycles. The maximum absolute atomic E-state index is 12.9. The monoisotopic (exact) mass is 486 g/mol. The first kappa shape index (κ1) is 22.2. The molecule has 0 saturated carbocycles. The lowest BCUT2D eigenvalue weighted by molar-refractivity contribution is 0.0990. The van der Waals surface area contributed by atoms with Crippen molar-refractivity contribution in [3.8, 4) is 22.8 Å². The summed E-state index contributed by atoms with van der Waals surface area (Å²) in [7, 11) is -3.85. The van der Waals surface area contributed by atoms with Crippen molar-refractivity contribution < 1.29 is 18.3 Å². The number of sulfonamides is 1. The van der Waals surface area contributed by atoms with Gasteiger partial charge in [0.2, 0.25) is 15.9 Å². The number of H-pyrrole nitrogens is 1. The number of amides is 1. The largest absolute Gasteiger partial charge is 0.493 e. The van der Waals surface area contributed by atoms with Crippen LogP contribution in [0.3, 0.4) is 0 Å². The van der Waals surface area contributed by atoms with Crippen molar-refractivity contribution in [3.63, 3.8) is 0 Å². The van der Waals surface area contributed by atoms with Crippen LogP contribution in [0.4, 0.5) is 5.69 Å². The molecule has 0 atom stereocenters. The summed E-state index contributed by atoms with van der Waals surface area (Å²) in [6.45, 7) is 0. The number of nitrogens with one attached hydrogen (secondary N) is 1. The second-order valence-electron chi connectivity index (χ2n) is 7.60. The predicted octanol–water partition coefficient (Wildman–Crippen LogP) is 4.30. The third-order valence-corrected chi connectivity index (χ3v) is 6.24. The van der Waals surface area contributed by atoms with Crippen LogP contribution in [0.15, 0.2) is 100 Å². The first-order chi connectivity index (χ1) is 16.8. The van der Waals surface area contributed by atoms with Crippen LogP contribution in [0.2, 0.25) is 0 Å². The zero-order valence-electron chi connectivity index (χ0n) is 18.0. The van der Waals surface area contributed by atoms with Gasteiger partial charge in [0.05, 0.1) is 21.8 Å². The average molecular weight is 487 g/mol. The summed E-state index contributed by atoms with van der Waals surface area (Å²) in [6.07, 6.45) is 0. The quantitative estimate of drug-likeness (QED) is 0.316. The minimum atomic E-state index is -3.85. The van der Waals surface area contributed by atoms with Gasteiger partial charge in [-0.2, -0.15) is 5.10 Å². The Labute approximate surface area is 199 Å². The summed E-state index contributed by atoms with van der Waals surface area (Å²) >= 11 is 0. The number of fused-ring (bicyclic) bond motifs is 1. The van der Waals surface area contributed by atoms with Gasteiger partial charge >= 0.3 is 5.91 Å². The molecule has 2 aromatic heterocycles. The summed E-state index contributed by atoms with van der Waals surface area (Å²) in [5.41, 5.74) is 2.70. The summed E-state index contributed by atoms with van der Waals surface area (Å²) < 4.78 is 24.7. The molecule has 2 heterocycles. The van der Waals surface area contributed by atoms with E-state index in [9.17, 15) is 18.3 Å². The van der Waals surface area contributed by atoms with E-state index in [0.717, 1.165) is 5.56 Å². The predicted molar refractivity (Wildman–Crippen MR) is 129 cm³/mol. The van der Waals surface area contributed by atoms with Gasteiger partial charge in [0, 0.05) is 10.9 Å². The molecular weight excluding hydrogens is 468 g/mol. The Bertz CT molecular complexity index is 1690. The number of carbonyl (C=O) groups is 1. The molecule has 35 heavy (non-hydrogen) atoms. The highest BCUT2D eigenvalue weighted by molar-refractivity contribution is 7.89. The van der Waals surface area contributed by atoms with E-state index in [2.05, 4.69) is 20.3 Å². The molecule has 1 amide bonds. The van der Waals surface area contributed by atoms with Crippen molar-refractivity contribution in [2.75, 3.05) is 0 Å². The normalized spacial score (nSPS) is 11.9. The molecule has 174 valence electrons. The number of nitrogens with zero attached hydrogens (tertiary/aromatic N) is 4. The van der Waals surface area contributed by atoms with Gasteiger partial charge in [0.1, 0.15) is 0 Å². The minimum absolute atomic E-state index is 0.0162.